The highest BCUT2D eigenvalue weighted by atomic mass is 32.1. The molecule has 0 aliphatic heterocycles. The molecule has 1 heterocycles. The summed E-state index contributed by atoms with van der Waals surface area (Å²) in [5.41, 5.74) is 2.55. The van der Waals surface area contributed by atoms with E-state index in [0.717, 1.165) is 18.1 Å². The normalized spacial score (nSPS) is 10.2. The minimum Gasteiger partial charge on any atom is -0.465 e. The van der Waals surface area contributed by atoms with Crippen molar-refractivity contribution in [2.45, 2.75) is 13.3 Å². The predicted octanol–water partition coefficient (Wildman–Crippen LogP) is 2.89. The van der Waals surface area contributed by atoms with Crippen molar-refractivity contribution in [2.24, 2.45) is 0 Å². The van der Waals surface area contributed by atoms with Crippen molar-refractivity contribution in [3.63, 3.8) is 0 Å². The van der Waals surface area contributed by atoms with Crippen LogP contribution in [0.4, 0.5) is 5.13 Å². The number of thiazole rings is 1. The van der Waals surface area contributed by atoms with Crippen molar-refractivity contribution in [3.8, 4) is 0 Å². The zero-order chi connectivity index (χ0) is 13.7. The van der Waals surface area contributed by atoms with E-state index in [4.69, 9.17) is 0 Å². The Hall–Kier alpha value is -1.88. The van der Waals surface area contributed by atoms with Crippen LogP contribution in [0, 0.1) is 6.92 Å². The van der Waals surface area contributed by atoms with Gasteiger partial charge in [-0.2, -0.15) is 0 Å². The molecule has 0 fully saturated rings. The molecule has 0 atom stereocenters. The van der Waals surface area contributed by atoms with Gasteiger partial charge in [0.1, 0.15) is 4.88 Å². The van der Waals surface area contributed by atoms with Crippen molar-refractivity contribution in [1.82, 2.24) is 4.98 Å². The molecule has 0 aliphatic rings. The van der Waals surface area contributed by atoms with E-state index < -0.39 is 0 Å². The van der Waals surface area contributed by atoms with E-state index in [1.165, 1.54) is 35.8 Å². The fourth-order valence-electron chi connectivity index (χ4n) is 1.73. The van der Waals surface area contributed by atoms with Gasteiger partial charge in [-0.3, -0.25) is 0 Å². The molecule has 0 aliphatic carbocycles. The summed E-state index contributed by atoms with van der Waals surface area (Å²) in [6.07, 6.45) is 2.46. The molecule has 0 unspecified atom stereocenters. The molecule has 0 spiro atoms. The summed E-state index contributed by atoms with van der Waals surface area (Å²) in [6.45, 7) is 2.87. The van der Waals surface area contributed by atoms with Crippen LogP contribution in [0.25, 0.3) is 0 Å². The summed E-state index contributed by atoms with van der Waals surface area (Å²) >= 11 is 1.31. The number of nitrogens with one attached hydrogen (secondary N) is 1. The fraction of sp³-hybridized carbons (Fsp3) is 0.286. The number of anilines is 1. The molecule has 1 N–H and O–H groups in total. The minimum atomic E-state index is -0.343. The number of esters is 1. The van der Waals surface area contributed by atoms with Gasteiger partial charge in [0.15, 0.2) is 5.13 Å². The molecule has 2 aromatic rings. The van der Waals surface area contributed by atoms with E-state index in [9.17, 15) is 4.79 Å². The van der Waals surface area contributed by atoms with E-state index >= 15 is 0 Å². The molecule has 0 saturated carbocycles. The highest BCUT2D eigenvalue weighted by Gasteiger charge is 2.09. The van der Waals surface area contributed by atoms with Gasteiger partial charge in [0.2, 0.25) is 0 Å². The third-order valence-corrected chi connectivity index (χ3v) is 3.60. The molecule has 0 amide bonds. The van der Waals surface area contributed by atoms with Gasteiger partial charge < -0.3 is 10.1 Å². The van der Waals surface area contributed by atoms with E-state index in [1.54, 1.807) is 0 Å². The fourth-order valence-corrected chi connectivity index (χ4v) is 2.49. The van der Waals surface area contributed by atoms with Crippen LogP contribution in [0.3, 0.4) is 0 Å². The molecule has 0 saturated heterocycles. The van der Waals surface area contributed by atoms with Crippen molar-refractivity contribution in [3.05, 3.63) is 46.5 Å². The Balaban J connectivity index is 1.86. The second kappa shape index (κ2) is 6.33. The lowest BCUT2D eigenvalue weighted by molar-refractivity contribution is 0.0606. The number of hydrogen-bond acceptors (Lipinski definition) is 5. The Labute approximate surface area is 116 Å². The molecule has 1 aromatic carbocycles. The lowest BCUT2D eigenvalue weighted by atomic mass is 10.1. The molecule has 0 radical (unpaired) electrons. The maximum atomic E-state index is 11.3. The Kier molecular flexibility index (Phi) is 4.52. The maximum absolute atomic E-state index is 11.3. The Morgan fingerprint density at radius 2 is 2.32 bits per heavy atom. The third kappa shape index (κ3) is 3.79. The number of methoxy groups -OCH3 is 1. The maximum Gasteiger partial charge on any atom is 0.349 e. The number of aromatic nitrogens is 1. The van der Waals surface area contributed by atoms with Crippen LogP contribution < -0.4 is 5.32 Å². The summed E-state index contributed by atoms with van der Waals surface area (Å²) in [7, 11) is 1.37. The van der Waals surface area contributed by atoms with Crippen LogP contribution in [-0.4, -0.2) is 24.6 Å². The first-order valence-corrected chi connectivity index (χ1v) is 6.84. The van der Waals surface area contributed by atoms with Gasteiger partial charge >= 0.3 is 5.97 Å². The molecule has 2 rings (SSSR count). The van der Waals surface area contributed by atoms with Gasteiger partial charge in [0, 0.05) is 6.54 Å². The Morgan fingerprint density at radius 3 is 3.05 bits per heavy atom. The summed E-state index contributed by atoms with van der Waals surface area (Å²) < 4.78 is 4.64. The van der Waals surface area contributed by atoms with E-state index in [-0.39, 0.29) is 5.97 Å². The van der Waals surface area contributed by atoms with Gasteiger partial charge in [-0.15, -0.1) is 0 Å². The molecular weight excluding hydrogens is 260 g/mol. The number of carbonyl (C=O) groups excluding carboxylic acids is 1. The van der Waals surface area contributed by atoms with Crippen molar-refractivity contribution in [1.29, 1.82) is 0 Å². The zero-order valence-corrected chi connectivity index (χ0v) is 11.8. The van der Waals surface area contributed by atoms with Crippen LogP contribution in [0.1, 0.15) is 20.8 Å². The smallest absolute Gasteiger partial charge is 0.349 e. The molecular formula is C14H16N2O2S. The van der Waals surface area contributed by atoms with Crippen molar-refractivity contribution >= 4 is 22.4 Å². The highest BCUT2D eigenvalue weighted by Crippen LogP contribution is 2.18. The van der Waals surface area contributed by atoms with Crippen molar-refractivity contribution < 1.29 is 9.53 Å². The van der Waals surface area contributed by atoms with E-state index in [0.29, 0.717) is 4.88 Å². The summed E-state index contributed by atoms with van der Waals surface area (Å²) in [5, 5.41) is 3.96. The number of carbonyl (C=O) groups is 1. The number of rotatable bonds is 5. The van der Waals surface area contributed by atoms with Crippen molar-refractivity contribution in [2.75, 3.05) is 19.0 Å². The number of benzene rings is 1. The van der Waals surface area contributed by atoms with Crippen LogP contribution in [0.5, 0.6) is 0 Å². The second-order valence-corrected chi connectivity index (χ2v) is 5.22. The van der Waals surface area contributed by atoms with Crippen LogP contribution in [-0.2, 0) is 11.2 Å². The van der Waals surface area contributed by atoms with E-state index in [2.05, 4.69) is 46.2 Å². The first-order chi connectivity index (χ1) is 9.19. The predicted molar refractivity (Wildman–Crippen MR) is 76.8 cm³/mol. The zero-order valence-electron chi connectivity index (χ0n) is 11.0. The summed E-state index contributed by atoms with van der Waals surface area (Å²) in [4.78, 5) is 15.9. The monoisotopic (exact) mass is 276 g/mol. The first kappa shape index (κ1) is 13.5. The van der Waals surface area contributed by atoms with Crippen LogP contribution in [0.15, 0.2) is 30.5 Å². The lowest BCUT2D eigenvalue weighted by Gasteiger charge is -2.03. The van der Waals surface area contributed by atoms with Crippen LogP contribution >= 0.6 is 11.3 Å². The third-order valence-electron chi connectivity index (χ3n) is 2.66. The molecule has 4 nitrogen and oxygen atoms in total. The number of aryl methyl sites for hydroxylation is 1. The Bertz CT molecular complexity index is 566. The number of nitrogens with zero attached hydrogens (tertiary/aromatic N) is 1. The van der Waals surface area contributed by atoms with Gasteiger partial charge in [-0.25, -0.2) is 9.78 Å². The van der Waals surface area contributed by atoms with Gasteiger partial charge in [-0.05, 0) is 18.9 Å². The first-order valence-electron chi connectivity index (χ1n) is 6.02. The number of ether oxygens (including phenoxy) is 1. The average molecular weight is 276 g/mol. The lowest BCUT2D eigenvalue weighted by Crippen LogP contribution is -2.04. The van der Waals surface area contributed by atoms with Gasteiger partial charge in [0.05, 0.1) is 13.3 Å². The topological polar surface area (TPSA) is 51.2 Å². The molecule has 5 heteroatoms. The summed E-state index contributed by atoms with van der Waals surface area (Å²) in [6, 6.07) is 8.42. The highest BCUT2D eigenvalue weighted by molar-refractivity contribution is 7.17. The molecule has 0 bridgehead atoms. The van der Waals surface area contributed by atoms with Crippen LogP contribution in [0.2, 0.25) is 0 Å². The molecule has 19 heavy (non-hydrogen) atoms. The average Bonchev–Trinajstić information content (AvgIpc) is 2.87. The molecule has 1 aromatic heterocycles. The molecule has 100 valence electrons. The summed E-state index contributed by atoms with van der Waals surface area (Å²) in [5.74, 6) is -0.343. The second-order valence-electron chi connectivity index (χ2n) is 4.19. The minimum absolute atomic E-state index is 0.343. The Morgan fingerprint density at radius 1 is 1.47 bits per heavy atom. The van der Waals surface area contributed by atoms with Gasteiger partial charge in [0.25, 0.3) is 0 Å². The SMILES string of the molecule is COC(=O)c1cnc(NCCc2cccc(C)c2)s1. The quantitative estimate of drug-likeness (QED) is 0.853. The largest absolute Gasteiger partial charge is 0.465 e. The van der Waals surface area contributed by atoms with Gasteiger partial charge in [-0.1, -0.05) is 41.2 Å². The standard InChI is InChI=1S/C14H16N2O2S/c1-10-4-3-5-11(8-10)6-7-15-14-16-9-12(19-14)13(17)18-2/h3-5,8-9H,6-7H2,1-2H3,(H,15,16). The van der Waals surface area contributed by atoms with E-state index in [1.807, 2.05) is 0 Å². The number of hydrogen-bond donors (Lipinski definition) is 1.